The van der Waals surface area contributed by atoms with Crippen LogP contribution in [0.5, 0.6) is 0 Å². The van der Waals surface area contributed by atoms with E-state index in [1.54, 1.807) is 0 Å². The normalized spacial score (nSPS) is 9.76. The molecule has 0 unspecified atom stereocenters. The van der Waals surface area contributed by atoms with E-state index in [2.05, 4.69) is 10.6 Å². The van der Waals surface area contributed by atoms with E-state index in [1.165, 1.54) is 0 Å². The van der Waals surface area contributed by atoms with Crippen molar-refractivity contribution in [1.29, 1.82) is 0 Å². The number of benzene rings is 1. The van der Waals surface area contributed by atoms with Crippen LogP contribution >= 0.6 is 0 Å². The van der Waals surface area contributed by atoms with Crippen molar-refractivity contribution in [1.82, 2.24) is 10.6 Å². The van der Waals surface area contributed by atoms with E-state index in [4.69, 9.17) is 0 Å². The zero-order chi connectivity index (χ0) is 12.7. The predicted molar refractivity (Wildman–Crippen MR) is 66.6 cm³/mol. The average molecular weight is 234 g/mol. The fourth-order valence-electron chi connectivity index (χ4n) is 1.39. The molecule has 1 rings (SSSR count). The summed E-state index contributed by atoms with van der Waals surface area (Å²) < 4.78 is 0. The topological polar surface area (TPSA) is 58.2 Å². The van der Waals surface area contributed by atoms with E-state index in [1.807, 2.05) is 38.1 Å². The molecule has 1 aromatic rings. The maximum atomic E-state index is 11.5. The lowest BCUT2D eigenvalue weighted by Gasteiger charge is -2.05. The van der Waals surface area contributed by atoms with Gasteiger partial charge >= 0.3 is 0 Å². The highest BCUT2D eigenvalue weighted by Crippen LogP contribution is 2.03. The van der Waals surface area contributed by atoms with E-state index in [-0.39, 0.29) is 18.4 Å². The summed E-state index contributed by atoms with van der Waals surface area (Å²) in [7, 11) is 0. The van der Waals surface area contributed by atoms with Crippen molar-refractivity contribution in [2.75, 3.05) is 13.1 Å². The van der Waals surface area contributed by atoms with Gasteiger partial charge in [0.05, 0.1) is 13.0 Å². The van der Waals surface area contributed by atoms with Crippen molar-refractivity contribution in [3.8, 4) is 0 Å². The number of nitrogens with one attached hydrogen (secondary N) is 2. The van der Waals surface area contributed by atoms with Crippen molar-refractivity contribution < 1.29 is 9.59 Å². The molecule has 0 saturated carbocycles. The van der Waals surface area contributed by atoms with E-state index < -0.39 is 0 Å². The molecule has 4 heteroatoms. The monoisotopic (exact) mass is 234 g/mol. The molecule has 2 amide bonds. The Kier molecular flexibility index (Phi) is 5.20. The number of hydrogen-bond donors (Lipinski definition) is 2. The molecule has 1 aromatic carbocycles. The van der Waals surface area contributed by atoms with Crippen LogP contribution in [0.15, 0.2) is 24.3 Å². The summed E-state index contributed by atoms with van der Waals surface area (Å²) in [5.74, 6) is -0.301. The second kappa shape index (κ2) is 6.68. The van der Waals surface area contributed by atoms with Gasteiger partial charge < -0.3 is 10.6 Å². The van der Waals surface area contributed by atoms with Crippen LogP contribution in [0.4, 0.5) is 0 Å². The molecule has 0 radical (unpaired) electrons. The Labute approximate surface area is 101 Å². The molecule has 0 bridgehead atoms. The average Bonchev–Trinajstić information content (AvgIpc) is 2.30. The molecular formula is C13H18N2O2. The molecule has 0 saturated heterocycles. The maximum Gasteiger partial charge on any atom is 0.239 e. The highest BCUT2D eigenvalue weighted by Gasteiger charge is 2.05. The summed E-state index contributed by atoms with van der Waals surface area (Å²) in [6.45, 7) is 4.45. The minimum Gasteiger partial charge on any atom is -0.355 e. The molecule has 0 heterocycles. The standard InChI is InChI=1S/C13H18N2O2/c1-3-14-13(17)9-15-12(16)8-11-6-4-10(2)5-7-11/h4-7H,3,8-9H2,1-2H3,(H,14,17)(H,15,16). The molecule has 92 valence electrons. The largest absolute Gasteiger partial charge is 0.355 e. The Morgan fingerprint density at radius 2 is 1.71 bits per heavy atom. The van der Waals surface area contributed by atoms with E-state index >= 15 is 0 Å². The van der Waals surface area contributed by atoms with Crippen LogP contribution in [0.25, 0.3) is 0 Å². The van der Waals surface area contributed by atoms with E-state index in [9.17, 15) is 9.59 Å². The van der Waals surface area contributed by atoms with Crippen LogP contribution in [-0.4, -0.2) is 24.9 Å². The number of likely N-dealkylation sites (N-methyl/N-ethyl adjacent to an activating group) is 1. The van der Waals surface area contributed by atoms with Crippen LogP contribution in [0, 0.1) is 6.92 Å². The molecule has 17 heavy (non-hydrogen) atoms. The fraction of sp³-hybridized carbons (Fsp3) is 0.385. The highest BCUT2D eigenvalue weighted by molar-refractivity contribution is 5.85. The van der Waals surface area contributed by atoms with Crippen molar-refractivity contribution in [2.24, 2.45) is 0 Å². The lowest BCUT2D eigenvalue weighted by atomic mass is 10.1. The van der Waals surface area contributed by atoms with Crippen molar-refractivity contribution in [2.45, 2.75) is 20.3 Å². The van der Waals surface area contributed by atoms with Crippen molar-refractivity contribution in [3.05, 3.63) is 35.4 Å². The Balaban J connectivity index is 2.34. The molecule has 0 atom stereocenters. The Morgan fingerprint density at radius 3 is 2.29 bits per heavy atom. The molecule has 0 aromatic heterocycles. The second-order valence-electron chi connectivity index (χ2n) is 3.89. The van der Waals surface area contributed by atoms with Gasteiger partial charge in [-0.2, -0.15) is 0 Å². The van der Waals surface area contributed by atoms with E-state index in [0.717, 1.165) is 11.1 Å². The van der Waals surface area contributed by atoms with Gasteiger partial charge in [0.1, 0.15) is 0 Å². The van der Waals surface area contributed by atoms with Crippen molar-refractivity contribution >= 4 is 11.8 Å². The lowest BCUT2D eigenvalue weighted by molar-refractivity contribution is -0.125. The van der Waals surface area contributed by atoms with Gasteiger partial charge in [-0.25, -0.2) is 0 Å². The first-order chi connectivity index (χ1) is 8.11. The molecule has 0 aliphatic carbocycles. The summed E-state index contributed by atoms with van der Waals surface area (Å²) in [4.78, 5) is 22.6. The van der Waals surface area contributed by atoms with Gasteiger partial charge in [-0.15, -0.1) is 0 Å². The summed E-state index contributed by atoms with van der Waals surface area (Å²) in [6.07, 6.45) is 0.305. The van der Waals surface area contributed by atoms with Crippen LogP contribution in [-0.2, 0) is 16.0 Å². The zero-order valence-corrected chi connectivity index (χ0v) is 10.2. The zero-order valence-electron chi connectivity index (χ0n) is 10.2. The first-order valence-corrected chi connectivity index (χ1v) is 5.70. The van der Waals surface area contributed by atoms with E-state index in [0.29, 0.717) is 13.0 Å². The minimum absolute atomic E-state index is 0.0402. The first-order valence-electron chi connectivity index (χ1n) is 5.70. The van der Waals surface area contributed by atoms with Crippen LogP contribution in [0.3, 0.4) is 0 Å². The predicted octanol–water partition coefficient (Wildman–Crippen LogP) is 0.790. The number of aryl methyl sites for hydroxylation is 1. The second-order valence-corrected chi connectivity index (χ2v) is 3.89. The molecule has 0 aliphatic heterocycles. The molecule has 0 fully saturated rings. The lowest BCUT2D eigenvalue weighted by Crippen LogP contribution is -2.37. The number of amides is 2. The highest BCUT2D eigenvalue weighted by atomic mass is 16.2. The summed E-state index contributed by atoms with van der Waals surface area (Å²) >= 11 is 0. The van der Waals surface area contributed by atoms with Gasteiger partial charge in [0, 0.05) is 6.54 Å². The summed E-state index contributed by atoms with van der Waals surface area (Å²) in [5.41, 5.74) is 2.11. The maximum absolute atomic E-state index is 11.5. The first kappa shape index (κ1) is 13.2. The van der Waals surface area contributed by atoms with Crippen LogP contribution < -0.4 is 10.6 Å². The fourth-order valence-corrected chi connectivity index (χ4v) is 1.39. The SMILES string of the molecule is CCNC(=O)CNC(=O)Cc1ccc(C)cc1. The number of carbonyl (C=O) groups is 2. The van der Waals surface area contributed by atoms with Gasteiger partial charge in [0.15, 0.2) is 0 Å². The Hall–Kier alpha value is -1.84. The van der Waals surface area contributed by atoms with Crippen LogP contribution in [0.2, 0.25) is 0 Å². The third-order valence-corrected chi connectivity index (χ3v) is 2.31. The number of carbonyl (C=O) groups excluding carboxylic acids is 2. The van der Waals surface area contributed by atoms with Gasteiger partial charge in [0.25, 0.3) is 0 Å². The Bertz CT molecular complexity index is 385. The minimum atomic E-state index is -0.162. The summed E-state index contributed by atoms with van der Waals surface area (Å²) in [5, 5.41) is 5.20. The van der Waals surface area contributed by atoms with Crippen molar-refractivity contribution in [3.63, 3.8) is 0 Å². The third kappa shape index (κ3) is 5.15. The molecule has 4 nitrogen and oxygen atoms in total. The van der Waals surface area contributed by atoms with Gasteiger partial charge in [-0.05, 0) is 19.4 Å². The number of rotatable bonds is 5. The van der Waals surface area contributed by atoms with Gasteiger partial charge in [0.2, 0.25) is 11.8 Å². The molecular weight excluding hydrogens is 216 g/mol. The third-order valence-electron chi connectivity index (χ3n) is 2.31. The van der Waals surface area contributed by atoms with Crippen LogP contribution in [0.1, 0.15) is 18.1 Å². The molecule has 2 N–H and O–H groups in total. The smallest absolute Gasteiger partial charge is 0.239 e. The summed E-state index contributed by atoms with van der Waals surface area (Å²) in [6, 6.07) is 7.76. The molecule has 0 spiro atoms. The molecule has 0 aliphatic rings. The van der Waals surface area contributed by atoms with Gasteiger partial charge in [-0.3, -0.25) is 9.59 Å². The number of hydrogen-bond acceptors (Lipinski definition) is 2. The quantitative estimate of drug-likeness (QED) is 0.791. The van der Waals surface area contributed by atoms with Gasteiger partial charge in [-0.1, -0.05) is 29.8 Å². The Morgan fingerprint density at radius 1 is 1.06 bits per heavy atom.